The normalized spacial score (nSPS) is 14.6. The van der Waals surface area contributed by atoms with E-state index in [9.17, 15) is 13.2 Å². The maximum Gasteiger partial charge on any atom is 0.349 e. The molecule has 1 aromatic carbocycles. The van der Waals surface area contributed by atoms with Crippen LogP contribution in [0.2, 0.25) is 0 Å². The molecule has 0 atom stereocenters. The van der Waals surface area contributed by atoms with Crippen LogP contribution in [0.15, 0.2) is 46.7 Å². The van der Waals surface area contributed by atoms with Crippen LogP contribution in [0.25, 0.3) is 0 Å². The van der Waals surface area contributed by atoms with Gasteiger partial charge in [0, 0.05) is 43.6 Å². The molecule has 180 valence electrons. The summed E-state index contributed by atoms with van der Waals surface area (Å²) in [4.78, 5) is 23.1. The monoisotopic (exact) mass is 503 g/mol. The Balaban J connectivity index is 1.47. The van der Waals surface area contributed by atoms with E-state index in [1.165, 1.54) is 17.5 Å². The minimum atomic E-state index is -3.82. The molecule has 1 aliphatic rings. The molecule has 0 radical (unpaired) electrons. The molecular weight excluding hydrogens is 478 g/mol. The van der Waals surface area contributed by atoms with Crippen LogP contribution in [0, 0.1) is 6.92 Å². The van der Waals surface area contributed by atoms with E-state index < -0.39 is 16.0 Å². The Labute approximate surface area is 202 Å². The van der Waals surface area contributed by atoms with Gasteiger partial charge in [0.15, 0.2) is 0 Å². The van der Waals surface area contributed by atoms with Gasteiger partial charge in [0.25, 0.3) is 0 Å². The number of nitrogens with zero attached hydrogens (tertiary/aromatic N) is 4. The third-order valence-electron chi connectivity index (χ3n) is 5.34. The quantitative estimate of drug-likeness (QED) is 0.486. The van der Waals surface area contributed by atoms with Gasteiger partial charge in [-0.1, -0.05) is 0 Å². The number of esters is 1. The summed E-state index contributed by atoms with van der Waals surface area (Å²) in [6.45, 7) is 3.22. The Bertz CT molecular complexity index is 1270. The summed E-state index contributed by atoms with van der Waals surface area (Å²) in [7, 11) is -0.970. The number of benzene rings is 1. The Morgan fingerprint density at radius 1 is 1.06 bits per heavy atom. The average Bonchev–Trinajstić information content (AvgIpc) is 3.35. The molecule has 2 aromatic heterocycles. The fourth-order valence-electron chi connectivity index (χ4n) is 3.59. The Morgan fingerprint density at radius 2 is 1.76 bits per heavy atom. The van der Waals surface area contributed by atoms with Gasteiger partial charge >= 0.3 is 5.97 Å². The first-order valence-electron chi connectivity index (χ1n) is 10.5. The van der Waals surface area contributed by atoms with Crippen molar-refractivity contribution in [1.82, 2.24) is 14.3 Å². The van der Waals surface area contributed by atoms with Crippen LogP contribution in [-0.2, 0) is 14.8 Å². The minimum absolute atomic E-state index is 0.0180. The first-order valence-corrected chi connectivity index (χ1v) is 12.8. The molecule has 0 bridgehead atoms. The fourth-order valence-corrected chi connectivity index (χ4v) is 6.32. The smallest absolute Gasteiger partial charge is 0.349 e. The number of rotatable bonds is 7. The van der Waals surface area contributed by atoms with Gasteiger partial charge in [0.05, 0.1) is 14.2 Å². The third-order valence-corrected chi connectivity index (χ3v) is 8.31. The van der Waals surface area contributed by atoms with Gasteiger partial charge in [-0.25, -0.2) is 18.2 Å². The number of piperazine rings is 1. The first kappa shape index (κ1) is 23.9. The molecule has 3 heterocycles. The lowest BCUT2D eigenvalue weighted by Crippen LogP contribution is -2.49. The van der Waals surface area contributed by atoms with E-state index in [2.05, 4.69) is 15.3 Å². The number of anilines is 3. The van der Waals surface area contributed by atoms with E-state index in [1.807, 2.05) is 42.2 Å². The lowest BCUT2D eigenvalue weighted by molar-refractivity contribution is 0.0602. The molecular formula is C22H25N5O5S2. The highest BCUT2D eigenvalue weighted by Crippen LogP contribution is 2.27. The van der Waals surface area contributed by atoms with Gasteiger partial charge in [-0.2, -0.15) is 9.29 Å². The van der Waals surface area contributed by atoms with Gasteiger partial charge in [-0.3, -0.25) is 0 Å². The fraction of sp³-hybridized carbons (Fsp3) is 0.318. The van der Waals surface area contributed by atoms with Crippen molar-refractivity contribution < 1.29 is 22.7 Å². The second kappa shape index (κ2) is 9.95. The summed E-state index contributed by atoms with van der Waals surface area (Å²) in [5.74, 6) is 1.28. The molecule has 1 saturated heterocycles. The van der Waals surface area contributed by atoms with Crippen molar-refractivity contribution in [2.75, 3.05) is 50.6 Å². The zero-order valence-corrected chi connectivity index (χ0v) is 20.6. The summed E-state index contributed by atoms with van der Waals surface area (Å²) >= 11 is 1.05. The number of sulfonamides is 1. The maximum absolute atomic E-state index is 13.1. The lowest BCUT2D eigenvalue weighted by atomic mass is 10.3. The molecule has 10 nitrogen and oxygen atoms in total. The molecule has 1 N–H and O–H groups in total. The molecule has 12 heteroatoms. The zero-order valence-electron chi connectivity index (χ0n) is 19.0. The molecule has 0 unspecified atom stereocenters. The van der Waals surface area contributed by atoms with E-state index in [4.69, 9.17) is 9.47 Å². The lowest BCUT2D eigenvalue weighted by Gasteiger charge is -2.34. The van der Waals surface area contributed by atoms with Crippen molar-refractivity contribution in [3.05, 3.63) is 52.3 Å². The van der Waals surface area contributed by atoms with Crippen LogP contribution in [0.4, 0.5) is 17.5 Å². The number of hydrogen-bond acceptors (Lipinski definition) is 10. The molecule has 1 aliphatic heterocycles. The highest BCUT2D eigenvalue weighted by atomic mass is 32.2. The molecule has 4 rings (SSSR count). The summed E-state index contributed by atoms with van der Waals surface area (Å²) in [5, 5.41) is 4.84. The number of methoxy groups -OCH3 is 2. The van der Waals surface area contributed by atoms with E-state index in [-0.39, 0.29) is 22.9 Å². The standard InChI is InChI=1S/C22H25N5O5S2/c1-15-14-19(24-16-4-6-17(31-2)7-5-16)25-22(23-15)26-9-11-27(12-10-26)34(29,30)18-8-13-33-20(18)21(28)32-3/h4-8,13-14H,9-12H2,1-3H3,(H,23,24,25). The van der Waals surface area contributed by atoms with E-state index in [0.717, 1.165) is 28.5 Å². The average molecular weight is 504 g/mol. The van der Waals surface area contributed by atoms with Gasteiger partial charge in [-0.15, -0.1) is 11.3 Å². The van der Waals surface area contributed by atoms with Crippen molar-refractivity contribution in [2.24, 2.45) is 0 Å². The SMILES string of the molecule is COC(=O)c1sccc1S(=O)(=O)N1CCN(c2nc(C)cc(Nc3ccc(OC)cc3)n2)CC1. The molecule has 0 amide bonds. The van der Waals surface area contributed by atoms with E-state index in [1.54, 1.807) is 12.5 Å². The van der Waals surface area contributed by atoms with Crippen molar-refractivity contribution in [2.45, 2.75) is 11.8 Å². The van der Waals surface area contributed by atoms with Crippen molar-refractivity contribution >= 4 is 44.8 Å². The number of thiophene rings is 1. The Morgan fingerprint density at radius 3 is 2.41 bits per heavy atom. The Kier molecular flexibility index (Phi) is 7.00. The Hall–Kier alpha value is -3.22. The first-order chi connectivity index (χ1) is 16.3. The molecule has 1 fully saturated rings. The maximum atomic E-state index is 13.1. The predicted octanol–water partition coefficient (Wildman–Crippen LogP) is 2.90. The zero-order chi connectivity index (χ0) is 24.3. The highest BCUT2D eigenvalue weighted by molar-refractivity contribution is 7.89. The van der Waals surface area contributed by atoms with Gasteiger partial charge in [0.1, 0.15) is 21.3 Å². The number of hydrogen-bond donors (Lipinski definition) is 1. The number of ether oxygens (including phenoxy) is 2. The summed E-state index contributed by atoms with van der Waals surface area (Å²) < 4.78 is 37.6. The highest BCUT2D eigenvalue weighted by Gasteiger charge is 2.33. The second-order valence-corrected chi connectivity index (χ2v) is 10.4. The minimum Gasteiger partial charge on any atom is -0.497 e. The molecule has 0 saturated carbocycles. The molecule has 3 aromatic rings. The van der Waals surface area contributed by atoms with Crippen LogP contribution in [0.5, 0.6) is 5.75 Å². The molecule has 0 spiro atoms. The van der Waals surface area contributed by atoms with Gasteiger partial charge < -0.3 is 19.7 Å². The van der Waals surface area contributed by atoms with Gasteiger partial charge in [0.2, 0.25) is 16.0 Å². The topological polar surface area (TPSA) is 114 Å². The summed E-state index contributed by atoms with van der Waals surface area (Å²) in [5.41, 5.74) is 1.65. The van der Waals surface area contributed by atoms with Crippen LogP contribution >= 0.6 is 11.3 Å². The molecule has 34 heavy (non-hydrogen) atoms. The van der Waals surface area contributed by atoms with Crippen LogP contribution in [0.3, 0.4) is 0 Å². The van der Waals surface area contributed by atoms with Gasteiger partial charge in [-0.05, 0) is 42.6 Å². The van der Waals surface area contributed by atoms with E-state index >= 15 is 0 Å². The third kappa shape index (κ3) is 4.98. The number of aryl methyl sites for hydroxylation is 1. The largest absolute Gasteiger partial charge is 0.497 e. The summed E-state index contributed by atoms with van der Waals surface area (Å²) in [6.07, 6.45) is 0. The van der Waals surface area contributed by atoms with Crippen molar-refractivity contribution in [3.8, 4) is 5.75 Å². The number of nitrogens with one attached hydrogen (secondary N) is 1. The number of carbonyl (C=O) groups is 1. The van der Waals surface area contributed by atoms with Crippen molar-refractivity contribution in [3.63, 3.8) is 0 Å². The second-order valence-electron chi connectivity index (χ2n) is 7.54. The van der Waals surface area contributed by atoms with Crippen LogP contribution < -0.4 is 15.0 Å². The van der Waals surface area contributed by atoms with Crippen molar-refractivity contribution in [1.29, 1.82) is 0 Å². The van der Waals surface area contributed by atoms with Crippen LogP contribution in [0.1, 0.15) is 15.4 Å². The number of carbonyl (C=O) groups excluding carboxylic acids is 1. The summed E-state index contributed by atoms with van der Waals surface area (Å²) in [6, 6.07) is 10.8. The molecule has 0 aliphatic carbocycles. The van der Waals surface area contributed by atoms with E-state index in [0.29, 0.717) is 24.9 Å². The predicted molar refractivity (Wildman–Crippen MR) is 130 cm³/mol. The number of aromatic nitrogens is 2. The van der Waals surface area contributed by atoms with Crippen LogP contribution in [-0.4, -0.2) is 69.1 Å².